The van der Waals surface area contributed by atoms with E-state index in [0.717, 1.165) is 6.26 Å². The van der Waals surface area contributed by atoms with Crippen molar-refractivity contribution in [1.82, 2.24) is 0 Å². The molecular formula is C6H15O3P. The van der Waals surface area contributed by atoms with E-state index in [1.807, 2.05) is 0 Å². The molecule has 0 aromatic heterocycles. The summed E-state index contributed by atoms with van der Waals surface area (Å²) in [6, 6.07) is 0. The van der Waals surface area contributed by atoms with E-state index in [9.17, 15) is 9.79 Å². The molecule has 0 aliphatic heterocycles. The molecule has 0 unspecified atom stereocenters. The summed E-state index contributed by atoms with van der Waals surface area (Å²) in [5.41, 5.74) is 0. The fourth-order valence-corrected chi connectivity index (χ4v) is 1.63. The molecule has 3 nitrogen and oxygen atoms in total. The van der Waals surface area contributed by atoms with Crippen molar-refractivity contribution in [3.05, 3.63) is 12.8 Å². The van der Waals surface area contributed by atoms with Crippen molar-refractivity contribution in [2.24, 2.45) is 0 Å². The Morgan fingerprint density at radius 3 is 1.90 bits per heavy atom. The third-order valence-electron chi connectivity index (χ3n) is 1.59. The summed E-state index contributed by atoms with van der Waals surface area (Å²) in [5.74, 6) is 0. The quantitative estimate of drug-likeness (QED) is 0.491. The van der Waals surface area contributed by atoms with Gasteiger partial charge in [-0.3, -0.25) is 0 Å². The monoisotopic (exact) mass is 166 g/mol. The zero-order valence-corrected chi connectivity index (χ0v) is 7.34. The SMILES string of the molecule is C=COP(O)(O)(CC)CC. The van der Waals surface area contributed by atoms with Gasteiger partial charge in [-0.1, -0.05) is 0 Å². The summed E-state index contributed by atoms with van der Waals surface area (Å²) in [4.78, 5) is 19.0. The predicted molar refractivity (Wildman–Crippen MR) is 43.7 cm³/mol. The molecule has 0 radical (unpaired) electrons. The first-order chi connectivity index (χ1) is 4.46. The minimum absolute atomic E-state index is 0.244. The van der Waals surface area contributed by atoms with E-state index in [-0.39, 0.29) is 12.3 Å². The molecule has 0 bridgehead atoms. The van der Waals surface area contributed by atoms with Crippen LogP contribution in [0.3, 0.4) is 0 Å². The van der Waals surface area contributed by atoms with Crippen LogP contribution in [0.4, 0.5) is 0 Å². The van der Waals surface area contributed by atoms with Crippen molar-refractivity contribution < 1.29 is 14.3 Å². The van der Waals surface area contributed by atoms with Gasteiger partial charge in [0.1, 0.15) is 0 Å². The summed E-state index contributed by atoms with van der Waals surface area (Å²) in [7, 11) is -3.77. The Labute approximate surface area is 61.5 Å². The average molecular weight is 166 g/mol. The summed E-state index contributed by atoms with van der Waals surface area (Å²) in [6.45, 7) is 6.65. The topological polar surface area (TPSA) is 49.7 Å². The number of hydrogen-bond donors (Lipinski definition) is 2. The summed E-state index contributed by atoms with van der Waals surface area (Å²) >= 11 is 0. The van der Waals surface area contributed by atoms with E-state index >= 15 is 0 Å². The Hall–Kier alpha value is -0.110. The molecular weight excluding hydrogens is 151 g/mol. The third-order valence-corrected chi connectivity index (χ3v) is 4.77. The molecule has 0 aromatic rings. The van der Waals surface area contributed by atoms with E-state index in [2.05, 4.69) is 6.58 Å². The van der Waals surface area contributed by atoms with Crippen LogP contribution in [0, 0.1) is 0 Å². The van der Waals surface area contributed by atoms with E-state index < -0.39 is 7.28 Å². The molecule has 0 rings (SSSR count). The molecule has 0 heterocycles. The third kappa shape index (κ3) is 2.25. The van der Waals surface area contributed by atoms with Gasteiger partial charge in [0.25, 0.3) is 0 Å². The van der Waals surface area contributed by atoms with Crippen LogP contribution in [0.2, 0.25) is 0 Å². The fourth-order valence-electron chi connectivity index (χ4n) is 0.545. The van der Waals surface area contributed by atoms with Gasteiger partial charge in [-0.2, -0.15) is 0 Å². The Kier molecular flexibility index (Phi) is 2.84. The summed E-state index contributed by atoms with van der Waals surface area (Å²) in [5, 5.41) is 0. The van der Waals surface area contributed by atoms with Crippen molar-refractivity contribution in [3.63, 3.8) is 0 Å². The Bertz CT molecular complexity index is 125. The van der Waals surface area contributed by atoms with Crippen molar-refractivity contribution >= 4 is 7.28 Å². The van der Waals surface area contributed by atoms with E-state index in [4.69, 9.17) is 4.52 Å². The van der Waals surface area contributed by atoms with Crippen LogP contribution >= 0.6 is 7.28 Å². The standard InChI is InChI=1S/C6H15O3P/c1-4-9-10(7,8,5-2)6-3/h4,7-8H,1,5-6H2,2-3H3. The van der Waals surface area contributed by atoms with Crippen LogP contribution in [0.15, 0.2) is 12.8 Å². The first kappa shape index (κ1) is 9.89. The Morgan fingerprint density at radius 1 is 1.40 bits per heavy atom. The molecule has 10 heavy (non-hydrogen) atoms. The maximum atomic E-state index is 9.49. The first-order valence-corrected chi connectivity index (χ1v) is 5.70. The van der Waals surface area contributed by atoms with E-state index in [1.54, 1.807) is 13.8 Å². The van der Waals surface area contributed by atoms with Gasteiger partial charge in [0.15, 0.2) is 0 Å². The zero-order valence-electron chi connectivity index (χ0n) is 6.45. The van der Waals surface area contributed by atoms with Gasteiger partial charge in [-0.15, -0.1) is 0 Å². The van der Waals surface area contributed by atoms with Gasteiger partial charge in [0.05, 0.1) is 0 Å². The molecule has 0 atom stereocenters. The predicted octanol–water partition coefficient (Wildman–Crippen LogP) is 1.47. The van der Waals surface area contributed by atoms with Crippen LogP contribution in [0.25, 0.3) is 0 Å². The molecule has 0 aromatic carbocycles. The second kappa shape index (κ2) is 2.87. The first-order valence-electron chi connectivity index (χ1n) is 3.27. The van der Waals surface area contributed by atoms with Gasteiger partial charge in [-0.05, 0) is 0 Å². The average Bonchev–Trinajstić information content (AvgIpc) is 1.90. The molecule has 0 fully saturated rings. The summed E-state index contributed by atoms with van der Waals surface area (Å²) < 4.78 is 4.72. The number of rotatable bonds is 4. The number of hydrogen-bond acceptors (Lipinski definition) is 3. The van der Waals surface area contributed by atoms with Crippen molar-refractivity contribution in [1.29, 1.82) is 0 Å². The van der Waals surface area contributed by atoms with Crippen LogP contribution in [0.5, 0.6) is 0 Å². The van der Waals surface area contributed by atoms with Gasteiger partial charge in [0, 0.05) is 0 Å². The van der Waals surface area contributed by atoms with Crippen LogP contribution in [0.1, 0.15) is 13.8 Å². The Morgan fingerprint density at radius 2 is 1.80 bits per heavy atom. The normalized spacial score (nSPS) is 15.4. The van der Waals surface area contributed by atoms with Gasteiger partial charge < -0.3 is 0 Å². The van der Waals surface area contributed by atoms with E-state index in [0.29, 0.717) is 0 Å². The van der Waals surface area contributed by atoms with Crippen LogP contribution < -0.4 is 0 Å². The molecule has 0 aliphatic carbocycles. The van der Waals surface area contributed by atoms with Crippen LogP contribution in [-0.2, 0) is 4.52 Å². The van der Waals surface area contributed by atoms with Crippen LogP contribution in [-0.4, -0.2) is 22.1 Å². The molecule has 62 valence electrons. The molecule has 4 heteroatoms. The fraction of sp³-hybridized carbons (Fsp3) is 0.667. The molecule has 2 N–H and O–H groups in total. The second-order valence-corrected chi connectivity index (χ2v) is 6.28. The van der Waals surface area contributed by atoms with Crippen molar-refractivity contribution in [3.8, 4) is 0 Å². The molecule has 0 saturated carbocycles. The molecule has 0 aliphatic rings. The van der Waals surface area contributed by atoms with Gasteiger partial charge >= 0.3 is 60.6 Å². The zero-order chi connectivity index (χ0) is 8.28. The molecule has 0 saturated heterocycles. The van der Waals surface area contributed by atoms with Crippen molar-refractivity contribution in [2.75, 3.05) is 12.3 Å². The summed E-state index contributed by atoms with van der Waals surface area (Å²) in [6.07, 6.45) is 1.58. The molecule has 0 spiro atoms. The molecule has 0 amide bonds. The minimum atomic E-state index is -3.77. The second-order valence-electron chi connectivity index (χ2n) is 2.20. The van der Waals surface area contributed by atoms with Gasteiger partial charge in [0.2, 0.25) is 0 Å². The van der Waals surface area contributed by atoms with E-state index in [1.165, 1.54) is 0 Å². The van der Waals surface area contributed by atoms with Gasteiger partial charge in [-0.25, -0.2) is 0 Å². The van der Waals surface area contributed by atoms with Crippen molar-refractivity contribution in [2.45, 2.75) is 13.8 Å². The Balaban J connectivity index is 4.33. The maximum absolute atomic E-state index is 9.49.